The molecule has 0 bridgehead atoms. The lowest BCUT2D eigenvalue weighted by Gasteiger charge is -2.34. The molecule has 0 aromatic rings. The van der Waals surface area contributed by atoms with E-state index in [0.717, 1.165) is 31.6 Å². The average Bonchev–Trinajstić information content (AvgIpc) is 3.07. The molecule has 2 aliphatic rings. The lowest BCUT2D eigenvalue weighted by Crippen LogP contribution is -2.56. The maximum Gasteiger partial charge on any atom is 0.240 e. The standard InChI is InChI=1S/C14H26N2O/c1-9-4-7-12(8-10(9)2)16-13(17)14(3,15)11-5-6-11/h9-12H,4-8,15H2,1-3H3,(H,16,17). The van der Waals surface area contributed by atoms with E-state index in [1.807, 2.05) is 6.92 Å². The molecule has 3 N–H and O–H groups in total. The minimum absolute atomic E-state index is 0.0618. The summed E-state index contributed by atoms with van der Waals surface area (Å²) in [6.07, 6.45) is 5.65. The Morgan fingerprint density at radius 2 is 1.82 bits per heavy atom. The summed E-state index contributed by atoms with van der Waals surface area (Å²) in [5.41, 5.74) is 5.49. The highest BCUT2D eigenvalue weighted by Crippen LogP contribution is 2.38. The highest BCUT2D eigenvalue weighted by molar-refractivity contribution is 5.86. The van der Waals surface area contributed by atoms with Gasteiger partial charge in [-0.1, -0.05) is 13.8 Å². The molecule has 17 heavy (non-hydrogen) atoms. The second-order valence-corrected chi connectivity index (χ2v) is 6.49. The van der Waals surface area contributed by atoms with Crippen LogP contribution in [0.2, 0.25) is 0 Å². The van der Waals surface area contributed by atoms with Gasteiger partial charge in [0.2, 0.25) is 5.91 Å². The van der Waals surface area contributed by atoms with Gasteiger partial charge < -0.3 is 11.1 Å². The Morgan fingerprint density at radius 3 is 2.35 bits per heavy atom. The van der Waals surface area contributed by atoms with E-state index in [-0.39, 0.29) is 5.91 Å². The van der Waals surface area contributed by atoms with Crippen LogP contribution in [-0.4, -0.2) is 17.5 Å². The fourth-order valence-corrected chi connectivity index (χ4v) is 2.89. The van der Waals surface area contributed by atoms with Gasteiger partial charge in [0, 0.05) is 6.04 Å². The number of carbonyl (C=O) groups is 1. The molecule has 98 valence electrons. The molecule has 0 saturated heterocycles. The summed E-state index contributed by atoms with van der Waals surface area (Å²) in [5, 5.41) is 3.17. The Bertz CT molecular complexity index is 297. The summed E-state index contributed by atoms with van der Waals surface area (Å²) < 4.78 is 0. The zero-order chi connectivity index (χ0) is 12.6. The number of nitrogens with two attached hydrogens (primary N) is 1. The van der Waals surface area contributed by atoms with Crippen LogP contribution in [0.25, 0.3) is 0 Å². The smallest absolute Gasteiger partial charge is 0.240 e. The zero-order valence-electron chi connectivity index (χ0n) is 11.3. The number of rotatable bonds is 3. The number of hydrogen-bond acceptors (Lipinski definition) is 2. The third kappa shape index (κ3) is 2.82. The van der Waals surface area contributed by atoms with Crippen molar-refractivity contribution in [2.45, 2.75) is 64.5 Å². The fourth-order valence-electron chi connectivity index (χ4n) is 2.89. The van der Waals surface area contributed by atoms with Crippen molar-refractivity contribution >= 4 is 5.91 Å². The first-order valence-electron chi connectivity index (χ1n) is 7.01. The molecule has 2 rings (SSSR count). The molecule has 4 atom stereocenters. The minimum Gasteiger partial charge on any atom is -0.352 e. The Balaban J connectivity index is 1.86. The summed E-state index contributed by atoms with van der Waals surface area (Å²) in [7, 11) is 0. The van der Waals surface area contributed by atoms with E-state index in [1.165, 1.54) is 6.42 Å². The van der Waals surface area contributed by atoms with Crippen LogP contribution in [0.1, 0.15) is 52.9 Å². The lowest BCUT2D eigenvalue weighted by atomic mass is 9.79. The van der Waals surface area contributed by atoms with Crippen molar-refractivity contribution in [1.82, 2.24) is 5.32 Å². The normalized spacial score (nSPS) is 37.3. The van der Waals surface area contributed by atoms with E-state index in [9.17, 15) is 4.79 Å². The van der Waals surface area contributed by atoms with E-state index in [4.69, 9.17) is 5.73 Å². The first-order valence-corrected chi connectivity index (χ1v) is 7.01. The van der Waals surface area contributed by atoms with E-state index in [1.54, 1.807) is 0 Å². The zero-order valence-corrected chi connectivity index (χ0v) is 11.3. The van der Waals surface area contributed by atoms with Gasteiger partial charge in [-0.25, -0.2) is 0 Å². The van der Waals surface area contributed by atoms with Crippen molar-refractivity contribution in [2.75, 3.05) is 0 Å². The molecule has 0 radical (unpaired) electrons. The first kappa shape index (κ1) is 12.9. The van der Waals surface area contributed by atoms with Crippen LogP contribution < -0.4 is 11.1 Å². The van der Waals surface area contributed by atoms with Crippen LogP contribution in [0.15, 0.2) is 0 Å². The summed E-state index contributed by atoms with van der Waals surface area (Å²) in [6.45, 7) is 6.47. The van der Waals surface area contributed by atoms with Crippen molar-refractivity contribution in [2.24, 2.45) is 23.5 Å². The number of nitrogens with one attached hydrogen (secondary N) is 1. The molecule has 2 fully saturated rings. The van der Waals surface area contributed by atoms with Crippen LogP contribution in [-0.2, 0) is 4.79 Å². The molecule has 0 spiro atoms. The molecule has 3 heteroatoms. The highest BCUT2D eigenvalue weighted by atomic mass is 16.2. The maximum atomic E-state index is 12.2. The Hall–Kier alpha value is -0.570. The fraction of sp³-hybridized carbons (Fsp3) is 0.929. The quantitative estimate of drug-likeness (QED) is 0.790. The second kappa shape index (κ2) is 4.60. The van der Waals surface area contributed by atoms with Crippen molar-refractivity contribution in [3.63, 3.8) is 0 Å². The predicted octanol–water partition coefficient (Wildman–Crippen LogP) is 2.05. The number of hydrogen-bond donors (Lipinski definition) is 2. The molecule has 3 nitrogen and oxygen atoms in total. The Labute approximate surface area is 105 Å². The molecular weight excluding hydrogens is 212 g/mol. The van der Waals surface area contributed by atoms with Crippen molar-refractivity contribution in [3.05, 3.63) is 0 Å². The predicted molar refractivity (Wildman–Crippen MR) is 69.4 cm³/mol. The SMILES string of the molecule is CC1CCC(NC(=O)C(C)(N)C2CC2)CC1C. The van der Waals surface area contributed by atoms with Gasteiger partial charge in [-0.3, -0.25) is 4.79 Å². The molecule has 0 aromatic carbocycles. The molecule has 0 aliphatic heterocycles. The molecule has 0 heterocycles. The highest BCUT2D eigenvalue weighted by Gasteiger charge is 2.44. The lowest BCUT2D eigenvalue weighted by molar-refractivity contribution is -0.127. The molecule has 0 aromatic heterocycles. The van der Waals surface area contributed by atoms with Crippen LogP contribution in [0, 0.1) is 17.8 Å². The van der Waals surface area contributed by atoms with Gasteiger partial charge in [0.1, 0.15) is 0 Å². The third-order valence-electron chi connectivity index (χ3n) is 4.85. The second-order valence-electron chi connectivity index (χ2n) is 6.49. The maximum absolute atomic E-state index is 12.2. The van der Waals surface area contributed by atoms with Crippen molar-refractivity contribution in [1.29, 1.82) is 0 Å². The van der Waals surface area contributed by atoms with Gasteiger partial charge in [-0.05, 0) is 56.8 Å². The van der Waals surface area contributed by atoms with Crippen molar-refractivity contribution in [3.8, 4) is 0 Å². The van der Waals surface area contributed by atoms with Crippen LogP contribution >= 0.6 is 0 Å². The van der Waals surface area contributed by atoms with Gasteiger partial charge in [-0.15, -0.1) is 0 Å². The molecule has 2 aliphatic carbocycles. The van der Waals surface area contributed by atoms with E-state index < -0.39 is 5.54 Å². The molecular formula is C14H26N2O. The molecule has 1 amide bonds. The van der Waals surface area contributed by atoms with Crippen LogP contribution in [0.4, 0.5) is 0 Å². The Kier molecular flexibility index (Phi) is 3.48. The third-order valence-corrected chi connectivity index (χ3v) is 4.85. The van der Waals surface area contributed by atoms with Gasteiger partial charge in [0.05, 0.1) is 5.54 Å². The molecule has 4 unspecified atom stereocenters. The Morgan fingerprint density at radius 1 is 1.18 bits per heavy atom. The van der Waals surface area contributed by atoms with E-state index in [0.29, 0.717) is 17.9 Å². The summed E-state index contributed by atoms with van der Waals surface area (Å²) in [5.74, 6) is 1.96. The van der Waals surface area contributed by atoms with Gasteiger partial charge in [0.25, 0.3) is 0 Å². The average molecular weight is 238 g/mol. The first-order chi connectivity index (χ1) is 7.91. The van der Waals surface area contributed by atoms with Crippen LogP contribution in [0.5, 0.6) is 0 Å². The topological polar surface area (TPSA) is 55.1 Å². The summed E-state index contributed by atoms with van der Waals surface area (Å²) in [6, 6.07) is 0.343. The van der Waals surface area contributed by atoms with E-state index >= 15 is 0 Å². The minimum atomic E-state index is -0.647. The number of carbonyl (C=O) groups excluding carboxylic acids is 1. The van der Waals surface area contributed by atoms with Gasteiger partial charge in [0.15, 0.2) is 0 Å². The summed E-state index contributed by atoms with van der Waals surface area (Å²) >= 11 is 0. The summed E-state index contributed by atoms with van der Waals surface area (Å²) in [4.78, 5) is 12.2. The van der Waals surface area contributed by atoms with Gasteiger partial charge in [-0.2, -0.15) is 0 Å². The van der Waals surface area contributed by atoms with Gasteiger partial charge >= 0.3 is 0 Å². The molecule has 2 saturated carbocycles. The van der Waals surface area contributed by atoms with Crippen molar-refractivity contribution < 1.29 is 4.79 Å². The largest absolute Gasteiger partial charge is 0.352 e. The van der Waals surface area contributed by atoms with E-state index in [2.05, 4.69) is 19.2 Å². The monoisotopic (exact) mass is 238 g/mol. The number of amides is 1. The van der Waals surface area contributed by atoms with Crippen LogP contribution in [0.3, 0.4) is 0 Å².